The van der Waals surface area contributed by atoms with Crippen molar-refractivity contribution in [2.24, 2.45) is 5.10 Å². The summed E-state index contributed by atoms with van der Waals surface area (Å²) in [6, 6.07) is 13.7. The van der Waals surface area contributed by atoms with Gasteiger partial charge in [-0.05, 0) is 37.1 Å². The van der Waals surface area contributed by atoms with Crippen LogP contribution >= 0.6 is 15.9 Å². The van der Waals surface area contributed by atoms with Crippen LogP contribution in [0.25, 0.3) is 21.8 Å². The molecule has 1 fully saturated rings. The van der Waals surface area contributed by atoms with E-state index in [2.05, 4.69) is 21.9 Å². The second-order valence-corrected chi connectivity index (χ2v) is 9.18. The number of fused-ring (bicyclic) bond motifs is 2. The Kier molecular flexibility index (Phi) is 5.67. The summed E-state index contributed by atoms with van der Waals surface area (Å²) in [6.07, 6.45) is 14.9. The number of rotatable bonds is 4. The number of benzene rings is 2. The van der Waals surface area contributed by atoms with Gasteiger partial charge < -0.3 is 4.57 Å². The van der Waals surface area contributed by atoms with Crippen LogP contribution in [0.3, 0.4) is 0 Å². The molecule has 0 bridgehead atoms. The van der Waals surface area contributed by atoms with E-state index in [1.165, 1.54) is 11.1 Å². The summed E-state index contributed by atoms with van der Waals surface area (Å²) in [7, 11) is 0. The van der Waals surface area contributed by atoms with Crippen molar-refractivity contribution in [2.75, 3.05) is 0 Å². The molecule has 1 aliphatic carbocycles. The molecule has 2 heterocycles. The fourth-order valence-corrected chi connectivity index (χ4v) is 4.99. The third-order valence-corrected chi connectivity index (χ3v) is 6.69. The molecule has 5 rings (SSSR count). The van der Waals surface area contributed by atoms with Gasteiger partial charge in [-0.1, -0.05) is 59.3 Å². The molecule has 4 aromatic rings. The van der Waals surface area contributed by atoms with Crippen LogP contribution in [0.15, 0.2) is 63.0 Å². The number of nitrogens with zero attached hydrogens (tertiary/aromatic N) is 4. The van der Waals surface area contributed by atoms with E-state index in [0.717, 1.165) is 58.0 Å². The van der Waals surface area contributed by atoms with E-state index < -0.39 is 0 Å². The Balaban J connectivity index is 1.67. The predicted octanol–water partition coefficient (Wildman–Crippen LogP) is 5.68. The molecule has 2 aromatic heterocycles. The van der Waals surface area contributed by atoms with E-state index in [1.807, 2.05) is 53.2 Å². The van der Waals surface area contributed by atoms with Crippen LogP contribution in [-0.4, -0.2) is 20.4 Å². The first-order chi connectivity index (χ1) is 15.7. The second kappa shape index (κ2) is 8.76. The average Bonchev–Trinajstić information content (AvgIpc) is 3.17. The van der Waals surface area contributed by atoms with Crippen molar-refractivity contribution in [3.63, 3.8) is 0 Å². The Labute approximate surface area is 194 Å². The molecule has 0 N–H and O–H groups in total. The van der Waals surface area contributed by atoms with E-state index in [4.69, 9.17) is 16.5 Å². The van der Waals surface area contributed by atoms with Gasteiger partial charge in [-0.2, -0.15) is 9.78 Å². The average molecular weight is 487 g/mol. The molecular weight excluding hydrogens is 464 g/mol. The topological polar surface area (TPSA) is 52.2 Å². The number of para-hydroxylation sites is 1. The van der Waals surface area contributed by atoms with E-state index >= 15 is 0 Å². The Morgan fingerprint density at radius 3 is 2.78 bits per heavy atom. The third kappa shape index (κ3) is 3.78. The zero-order chi connectivity index (χ0) is 22.1. The van der Waals surface area contributed by atoms with Crippen LogP contribution in [-0.2, 0) is 6.54 Å². The Morgan fingerprint density at radius 2 is 1.97 bits per heavy atom. The lowest BCUT2D eigenvalue weighted by Crippen LogP contribution is -2.25. The molecule has 32 heavy (non-hydrogen) atoms. The van der Waals surface area contributed by atoms with Gasteiger partial charge in [0.05, 0.1) is 23.7 Å². The molecule has 6 heteroatoms. The van der Waals surface area contributed by atoms with E-state index in [0.29, 0.717) is 11.9 Å². The summed E-state index contributed by atoms with van der Waals surface area (Å²) in [5, 5.41) is 6.30. The minimum Gasteiger partial charge on any atom is -0.335 e. The highest BCUT2D eigenvalue weighted by Gasteiger charge is 2.22. The summed E-state index contributed by atoms with van der Waals surface area (Å²) in [4.78, 5) is 18.4. The summed E-state index contributed by atoms with van der Waals surface area (Å²) in [5.74, 6) is 3.70. The monoisotopic (exact) mass is 486 g/mol. The van der Waals surface area contributed by atoms with Crippen molar-refractivity contribution in [1.82, 2.24) is 14.2 Å². The number of hydrogen-bond acceptors (Lipinski definition) is 3. The number of halogens is 1. The van der Waals surface area contributed by atoms with Gasteiger partial charge >= 0.3 is 0 Å². The number of aromatic nitrogens is 3. The van der Waals surface area contributed by atoms with Crippen LogP contribution in [0.5, 0.6) is 0 Å². The molecule has 1 aliphatic rings. The molecule has 0 radical (unpaired) electrons. The van der Waals surface area contributed by atoms with Crippen LogP contribution in [0.1, 0.15) is 49.4 Å². The van der Waals surface area contributed by atoms with Gasteiger partial charge in [-0.25, -0.2) is 4.98 Å². The first kappa shape index (κ1) is 20.7. The molecular formula is C26H23BrN4O. The lowest BCUT2D eigenvalue weighted by Gasteiger charge is -2.22. The van der Waals surface area contributed by atoms with E-state index in [9.17, 15) is 4.79 Å². The van der Waals surface area contributed by atoms with Crippen molar-refractivity contribution < 1.29 is 0 Å². The molecule has 1 saturated carbocycles. The molecule has 0 atom stereocenters. The largest absolute Gasteiger partial charge is 0.335 e. The highest BCUT2D eigenvalue weighted by molar-refractivity contribution is 9.10. The van der Waals surface area contributed by atoms with E-state index in [-0.39, 0.29) is 11.5 Å². The maximum atomic E-state index is 13.5. The van der Waals surface area contributed by atoms with Crippen molar-refractivity contribution in [1.29, 1.82) is 0 Å². The minimum absolute atomic E-state index is 0.138. The fourth-order valence-electron chi connectivity index (χ4n) is 4.63. The van der Waals surface area contributed by atoms with Gasteiger partial charge in [-0.15, -0.1) is 6.42 Å². The predicted molar refractivity (Wildman–Crippen MR) is 133 cm³/mol. The first-order valence-corrected chi connectivity index (χ1v) is 11.7. The Hall–Kier alpha value is -3.17. The summed E-state index contributed by atoms with van der Waals surface area (Å²) in [5.41, 5.74) is 2.55. The zero-order valence-electron chi connectivity index (χ0n) is 17.7. The van der Waals surface area contributed by atoms with Crippen molar-refractivity contribution in [3.05, 3.63) is 74.9 Å². The van der Waals surface area contributed by atoms with E-state index in [1.54, 1.807) is 6.21 Å². The van der Waals surface area contributed by atoms with Crippen LogP contribution in [0, 0.1) is 12.3 Å². The maximum Gasteiger partial charge on any atom is 0.282 e. The molecule has 0 spiro atoms. The van der Waals surface area contributed by atoms with Gasteiger partial charge in [0.15, 0.2) is 0 Å². The van der Waals surface area contributed by atoms with Gasteiger partial charge in [0.2, 0.25) is 0 Å². The summed E-state index contributed by atoms with van der Waals surface area (Å²) in [6.45, 7) is 0.479. The minimum atomic E-state index is -0.138. The number of terminal acetylenes is 1. The molecule has 2 aromatic carbocycles. The molecule has 5 nitrogen and oxygen atoms in total. The quantitative estimate of drug-likeness (QED) is 0.275. The smallest absolute Gasteiger partial charge is 0.282 e. The van der Waals surface area contributed by atoms with Crippen molar-refractivity contribution >= 4 is 44.0 Å². The van der Waals surface area contributed by atoms with Gasteiger partial charge in [-0.3, -0.25) is 4.79 Å². The molecule has 0 amide bonds. The normalized spacial score (nSPS) is 15.0. The lowest BCUT2D eigenvalue weighted by atomic mass is 9.88. The standard InChI is InChI=1S/C26H23BrN4O/c1-2-14-30-17-19(21-10-6-7-11-24(21)30)16-28-31-25(18-8-4-3-5-9-18)29-23-13-12-20(27)15-22(23)26(31)32/h1,6-7,10-13,15-18H,3-5,8-9,14H2. The van der Waals surface area contributed by atoms with Crippen LogP contribution in [0.2, 0.25) is 0 Å². The van der Waals surface area contributed by atoms with Gasteiger partial charge in [0.1, 0.15) is 5.82 Å². The van der Waals surface area contributed by atoms with Gasteiger partial charge in [0, 0.05) is 33.1 Å². The summed E-state index contributed by atoms with van der Waals surface area (Å²) < 4.78 is 4.39. The van der Waals surface area contributed by atoms with Crippen LogP contribution < -0.4 is 5.56 Å². The maximum absolute atomic E-state index is 13.5. The first-order valence-electron chi connectivity index (χ1n) is 10.9. The number of hydrogen-bond donors (Lipinski definition) is 0. The Bertz CT molecular complexity index is 1430. The lowest BCUT2D eigenvalue weighted by molar-refractivity contribution is 0.416. The summed E-state index contributed by atoms with van der Waals surface area (Å²) >= 11 is 3.47. The second-order valence-electron chi connectivity index (χ2n) is 8.26. The molecule has 0 unspecified atom stereocenters. The van der Waals surface area contributed by atoms with Crippen molar-refractivity contribution in [2.45, 2.75) is 44.6 Å². The fraction of sp³-hybridized carbons (Fsp3) is 0.269. The SMILES string of the molecule is C#CCn1cc(C=Nn2c(C3CCCCC3)nc3ccc(Br)cc3c2=O)c2ccccc21. The van der Waals surface area contributed by atoms with Gasteiger partial charge in [0.25, 0.3) is 5.56 Å². The molecule has 160 valence electrons. The highest BCUT2D eigenvalue weighted by atomic mass is 79.9. The Morgan fingerprint density at radius 1 is 1.16 bits per heavy atom. The molecule has 0 aliphatic heterocycles. The zero-order valence-corrected chi connectivity index (χ0v) is 19.3. The third-order valence-electron chi connectivity index (χ3n) is 6.20. The molecule has 0 saturated heterocycles. The van der Waals surface area contributed by atoms with Crippen molar-refractivity contribution in [3.8, 4) is 12.3 Å². The van der Waals surface area contributed by atoms with Crippen LogP contribution in [0.4, 0.5) is 0 Å². The highest BCUT2D eigenvalue weighted by Crippen LogP contribution is 2.32.